The van der Waals surface area contributed by atoms with Crippen molar-refractivity contribution in [3.63, 3.8) is 0 Å². The molecule has 0 bridgehead atoms. The molecule has 0 spiro atoms. The third kappa shape index (κ3) is 3.28. The highest BCUT2D eigenvalue weighted by Gasteiger charge is 2.36. The Balaban J connectivity index is 1.76. The highest BCUT2D eigenvalue weighted by atomic mass is 16.5. The quantitative estimate of drug-likeness (QED) is 0.842. The summed E-state index contributed by atoms with van der Waals surface area (Å²) in [5, 5.41) is 3.43. The lowest BCUT2D eigenvalue weighted by atomic mass is 9.99. The number of ether oxygens (including phenoxy) is 2. The van der Waals surface area contributed by atoms with Crippen molar-refractivity contribution >= 4 is 17.6 Å². The fraction of sp³-hybridized carbons (Fsp3) is 0.333. The van der Waals surface area contributed by atoms with Gasteiger partial charge in [-0.15, -0.1) is 0 Å². The Labute approximate surface area is 158 Å². The zero-order valence-corrected chi connectivity index (χ0v) is 15.2. The minimum absolute atomic E-state index is 0.00815. The van der Waals surface area contributed by atoms with E-state index >= 15 is 0 Å². The van der Waals surface area contributed by atoms with Crippen molar-refractivity contribution < 1.29 is 19.1 Å². The highest BCUT2D eigenvalue weighted by Crippen LogP contribution is 2.35. The molecule has 4 rings (SSSR count). The van der Waals surface area contributed by atoms with Crippen LogP contribution in [0.4, 0.5) is 5.69 Å². The lowest BCUT2D eigenvalue weighted by Crippen LogP contribution is -2.46. The molecule has 0 saturated carbocycles. The molecule has 2 heterocycles. The number of esters is 1. The zero-order chi connectivity index (χ0) is 18.8. The van der Waals surface area contributed by atoms with Crippen LogP contribution in [-0.4, -0.2) is 43.1 Å². The molecule has 1 amide bonds. The van der Waals surface area contributed by atoms with E-state index in [4.69, 9.17) is 9.47 Å². The van der Waals surface area contributed by atoms with Crippen LogP contribution >= 0.6 is 0 Å². The third-order valence-corrected chi connectivity index (χ3v) is 5.11. The number of anilines is 1. The van der Waals surface area contributed by atoms with E-state index in [1.807, 2.05) is 36.4 Å². The van der Waals surface area contributed by atoms with Gasteiger partial charge in [-0.1, -0.05) is 30.3 Å². The topological polar surface area (TPSA) is 67.9 Å². The number of hydrogen-bond donors (Lipinski definition) is 1. The van der Waals surface area contributed by atoms with E-state index in [1.54, 1.807) is 17.0 Å². The first-order chi connectivity index (χ1) is 13.2. The van der Waals surface area contributed by atoms with E-state index in [9.17, 15) is 9.59 Å². The summed E-state index contributed by atoms with van der Waals surface area (Å²) in [6.45, 7) is 1.19. The van der Waals surface area contributed by atoms with Gasteiger partial charge in [0.1, 0.15) is 6.17 Å². The van der Waals surface area contributed by atoms with Gasteiger partial charge in [-0.3, -0.25) is 4.79 Å². The van der Waals surface area contributed by atoms with Gasteiger partial charge < -0.3 is 19.7 Å². The van der Waals surface area contributed by atoms with Gasteiger partial charge in [0.15, 0.2) is 0 Å². The van der Waals surface area contributed by atoms with Crippen LogP contribution in [0.15, 0.2) is 48.5 Å². The van der Waals surface area contributed by atoms with Crippen molar-refractivity contribution in [2.24, 2.45) is 0 Å². The van der Waals surface area contributed by atoms with Crippen LogP contribution in [0.5, 0.6) is 0 Å². The Bertz CT molecular complexity index is 861. The van der Waals surface area contributed by atoms with Crippen molar-refractivity contribution in [2.75, 3.05) is 25.6 Å². The highest BCUT2D eigenvalue weighted by molar-refractivity contribution is 6.02. The normalized spacial score (nSPS) is 21.5. The monoisotopic (exact) mass is 366 g/mol. The molecule has 2 aliphatic rings. The van der Waals surface area contributed by atoms with Crippen molar-refractivity contribution in [2.45, 2.75) is 25.1 Å². The van der Waals surface area contributed by atoms with E-state index in [1.165, 1.54) is 7.11 Å². The Morgan fingerprint density at radius 1 is 1.22 bits per heavy atom. The summed E-state index contributed by atoms with van der Waals surface area (Å²) in [4.78, 5) is 27.3. The minimum Gasteiger partial charge on any atom is -0.465 e. The second-order valence-electron chi connectivity index (χ2n) is 6.76. The molecule has 0 unspecified atom stereocenters. The van der Waals surface area contributed by atoms with Crippen molar-refractivity contribution in [1.29, 1.82) is 0 Å². The van der Waals surface area contributed by atoms with Crippen LogP contribution in [0.25, 0.3) is 0 Å². The first kappa shape index (κ1) is 17.5. The van der Waals surface area contributed by atoms with Crippen LogP contribution in [0, 0.1) is 0 Å². The molecular formula is C21H22N2O4. The van der Waals surface area contributed by atoms with Gasteiger partial charge in [0, 0.05) is 24.4 Å². The summed E-state index contributed by atoms with van der Waals surface area (Å²) in [6, 6.07) is 14.7. The average molecular weight is 366 g/mol. The number of carbonyl (C=O) groups is 2. The molecule has 2 aromatic carbocycles. The Kier molecular flexibility index (Phi) is 4.81. The zero-order valence-electron chi connectivity index (χ0n) is 15.2. The number of fused-ring (bicyclic) bond motifs is 1. The molecule has 2 aromatic rings. The molecule has 2 atom stereocenters. The Morgan fingerprint density at radius 3 is 2.78 bits per heavy atom. The number of carbonyl (C=O) groups excluding carboxylic acids is 2. The number of nitrogens with zero attached hydrogens (tertiary/aromatic N) is 1. The number of para-hydroxylation sites is 1. The Morgan fingerprint density at radius 2 is 2.00 bits per heavy atom. The third-order valence-electron chi connectivity index (χ3n) is 5.11. The molecule has 0 radical (unpaired) electrons. The molecule has 6 heteroatoms. The molecule has 0 aliphatic carbocycles. The standard InChI is InChI=1S/C21H22N2O4/c1-26-21(25)16-9-3-2-8-15(16)19-22-18-11-5-4-10-17(18)20(24)23(19)13-14-7-6-12-27-14/h2-5,8-11,14,19,22H,6-7,12-13H2,1H3/t14-,19-/m1/s1. The summed E-state index contributed by atoms with van der Waals surface area (Å²) >= 11 is 0. The van der Waals surface area contributed by atoms with Crippen molar-refractivity contribution in [1.82, 2.24) is 4.90 Å². The van der Waals surface area contributed by atoms with E-state index in [-0.39, 0.29) is 12.0 Å². The van der Waals surface area contributed by atoms with E-state index in [0.717, 1.165) is 25.1 Å². The number of rotatable bonds is 4. The van der Waals surface area contributed by atoms with Gasteiger partial charge in [-0.2, -0.15) is 0 Å². The molecular weight excluding hydrogens is 344 g/mol. The van der Waals surface area contributed by atoms with Gasteiger partial charge in [0.25, 0.3) is 5.91 Å². The number of nitrogens with one attached hydrogen (secondary N) is 1. The second-order valence-corrected chi connectivity index (χ2v) is 6.76. The van der Waals surface area contributed by atoms with Gasteiger partial charge in [0.2, 0.25) is 0 Å². The number of methoxy groups -OCH3 is 1. The summed E-state index contributed by atoms with van der Waals surface area (Å²) in [7, 11) is 1.36. The number of amides is 1. The van der Waals surface area contributed by atoms with Crippen LogP contribution in [0.1, 0.15) is 45.3 Å². The van der Waals surface area contributed by atoms with Crippen LogP contribution in [-0.2, 0) is 9.47 Å². The number of hydrogen-bond acceptors (Lipinski definition) is 5. The second kappa shape index (κ2) is 7.40. The van der Waals surface area contributed by atoms with E-state index < -0.39 is 12.1 Å². The van der Waals surface area contributed by atoms with Crippen molar-refractivity contribution in [3.05, 3.63) is 65.2 Å². The predicted molar refractivity (Wildman–Crippen MR) is 101 cm³/mol. The fourth-order valence-electron chi connectivity index (χ4n) is 3.77. The summed E-state index contributed by atoms with van der Waals surface area (Å²) in [5.41, 5.74) is 2.55. The molecule has 6 nitrogen and oxygen atoms in total. The summed E-state index contributed by atoms with van der Waals surface area (Å²) < 4.78 is 10.7. The SMILES string of the molecule is COC(=O)c1ccccc1[C@@H]1Nc2ccccc2C(=O)N1C[C@H]1CCCO1. The number of benzene rings is 2. The van der Waals surface area contributed by atoms with E-state index in [0.29, 0.717) is 23.2 Å². The lowest BCUT2D eigenvalue weighted by Gasteiger charge is -2.39. The molecule has 0 aromatic heterocycles. The lowest BCUT2D eigenvalue weighted by molar-refractivity contribution is 0.0420. The molecule has 1 N–H and O–H groups in total. The first-order valence-electron chi connectivity index (χ1n) is 9.14. The maximum atomic E-state index is 13.3. The Hall–Kier alpha value is -2.86. The maximum Gasteiger partial charge on any atom is 0.338 e. The van der Waals surface area contributed by atoms with Crippen LogP contribution in [0.2, 0.25) is 0 Å². The minimum atomic E-state index is -0.466. The van der Waals surface area contributed by atoms with Gasteiger partial charge in [-0.25, -0.2) is 4.79 Å². The fourth-order valence-corrected chi connectivity index (χ4v) is 3.77. The summed E-state index contributed by atoms with van der Waals surface area (Å²) in [6.07, 6.45) is 1.47. The first-order valence-corrected chi connectivity index (χ1v) is 9.14. The van der Waals surface area contributed by atoms with Crippen LogP contribution < -0.4 is 5.32 Å². The average Bonchev–Trinajstić information content (AvgIpc) is 3.22. The predicted octanol–water partition coefficient (Wildman–Crippen LogP) is 3.22. The molecule has 27 heavy (non-hydrogen) atoms. The summed E-state index contributed by atoms with van der Waals surface area (Å²) in [5.74, 6) is -0.486. The molecule has 1 fully saturated rings. The van der Waals surface area contributed by atoms with Crippen LogP contribution in [0.3, 0.4) is 0 Å². The van der Waals surface area contributed by atoms with Gasteiger partial charge >= 0.3 is 5.97 Å². The molecule has 140 valence electrons. The van der Waals surface area contributed by atoms with Gasteiger partial charge in [-0.05, 0) is 31.0 Å². The molecule has 2 aliphatic heterocycles. The largest absolute Gasteiger partial charge is 0.465 e. The van der Waals surface area contributed by atoms with Crippen molar-refractivity contribution in [3.8, 4) is 0 Å². The van der Waals surface area contributed by atoms with E-state index in [2.05, 4.69) is 5.32 Å². The smallest absolute Gasteiger partial charge is 0.338 e. The van der Waals surface area contributed by atoms with Gasteiger partial charge in [0.05, 0.1) is 24.3 Å². The molecule has 1 saturated heterocycles. The maximum absolute atomic E-state index is 13.3.